The molecule has 2 aromatic carbocycles. The quantitative estimate of drug-likeness (QED) is 0.577. The number of carbonyl (C=O) groups excluding carboxylic acids is 1. The van der Waals surface area contributed by atoms with Crippen molar-refractivity contribution in [2.24, 2.45) is 0 Å². The molecule has 2 heterocycles. The Morgan fingerprint density at radius 3 is 2.74 bits per heavy atom. The molecule has 4 rings (SSSR count). The predicted molar refractivity (Wildman–Crippen MR) is 123 cm³/mol. The predicted octanol–water partition coefficient (Wildman–Crippen LogP) is 3.80. The molecule has 0 saturated carbocycles. The summed E-state index contributed by atoms with van der Waals surface area (Å²) in [6, 6.07) is 15.5. The van der Waals surface area contributed by atoms with Gasteiger partial charge in [0.25, 0.3) is 5.91 Å². The van der Waals surface area contributed by atoms with Crippen LogP contribution in [0.1, 0.15) is 23.0 Å². The Labute approximate surface area is 187 Å². The van der Waals surface area contributed by atoms with Gasteiger partial charge in [-0.1, -0.05) is 35.9 Å². The minimum Gasteiger partial charge on any atom is -0.493 e. The van der Waals surface area contributed by atoms with Gasteiger partial charge in [-0.15, -0.1) is 0 Å². The van der Waals surface area contributed by atoms with Gasteiger partial charge in [0.1, 0.15) is 11.4 Å². The number of aromatic nitrogens is 1. The van der Waals surface area contributed by atoms with E-state index in [0.717, 1.165) is 55.1 Å². The third kappa shape index (κ3) is 5.03. The van der Waals surface area contributed by atoms with Crippen molar-refractivity contribution in [1.82, 2.24) is 14.8 Å². The standard InChI is InChI=1S/C24H28ClN3O3/c1-2-31-23-9-5-8-21-19(23)16-22(28(21)17-18-6-3-4-7-20(18)25)24(29)26-10-11-27-12-14-30-15-13-27/h3-9,16H,2,10-15,17H2,1H3,(H,26,29). The number of nitrogens with zero attached hydrogens (tertiary/aromatic N) is 2. The van der Waals surface area contributed by atoms with Crippen molar-refractivity contribution in [3.05, 3.63) is 64.8 Å². The lowest BCUT2D eigenvalue weighted by molar-refractivity contribution is 0.0383. The smallest absolute Gasteiger partial charge is 0.268 e. The SMILES string of the molecule is CCOc1cccc2c1cc(C(=O)NCCN1CCOCC1)n2Cc1ccccc1Cl. The normalized spacial score (nSPS) is 14.6. The molecule has 0 radical (unpaired) electrons. The molecule has 1 saturated heterocycles. The molecule has 0 aliphatic carbocycles. The van der Waals surface area contributed by atoms with E-state index in [9.17, 15) is 4.79 Å². The Morgan fingerprint density at radius 1 is 1.16 bits per heavy atom. The second-order valence-corrected chi connectivity index (χ2v) is 7.95. The molecule has 0 bridgehead atoms. The summed E-state index contributed by atoms with van der Waals surface area (Å²) < 4.78 is 13.2. The second-order valence-electron chi connectivity index (χ2n) is 7.54. The number of hydrogen-bond acceptors (Lipinski definition) is 4. The van der Waals surface area contributed by atoms with E-state index in [1.54, 1.807) is 0 Å². The summed E-state index contributed by atoms with van der Waals surface area (Å²) in [5, 5.41) is 4.69. The van der Waals surface area contributed by atoms with E-state index in [-0.39, 0.29) is 5.91 Å². The Morgan fingerprint density at radius 2 is 1.97 bits per heavy atom. The zero-order valence-corrected chi connectivity index (χ0v) is 18.5. The Balaban J connectivity index is 1.61. The number of ether oxygens (including phenoxy) is 2. The molecule has 164 valence electrons. The van der Waals surface area contributed by atoms with Crippen molar-refractivity contribution >= 4 is 28.4 Å². The lowest BCUT2D eigenvalue weighted by atomic mass is 10.2. The maximum Gasteiger partial charge on any atom is 0.268 e. The van der Waals surface area contributed by atoms with Crippen LogP contribution < -0.4 is 10.1 Å². The Kier molecular flexibility index (Phi) is 7.12. The van der Waals surface area contributed by atoms with Crippen LogP contribution >= 0.6 is 11.6 Å². The van der Waals surface area contributed by atoms with Crippen LogP contribution in [0.3, 0.4) is 0 Å². The highest BCUT2D eigenvalue weighted by Gasteiger charge is 2.19. The van der Waals surface area contributed by atoms with Gasteiger partial charge in [0, 0.05) is 43.1 Å². The fourth-order valence-corrected chi connectivity index (χ4v) is 4.13. The number of benzene rings is 2. The Bertz CT molecular complexity index is 1040. The molecule has 1 amide bonds. The van der Waals surface area contributed by atoms with Gasteiger partial charge >= 0.3 is 0 Å². The first-order valence-corrected chi connectivity index (χ1v) is 11.1. The summed E-state index contributed by atoms with van der Waals surface area (Å²) in [6.45, 7) is 7.73. The van der Waals surface area contributed by atoms with Crippen molar-refractivity contribution in [1.29, 1.82) is 0 Å². The average Bonchev–Trinajstić information content (AvgIpc) is 3.16. The fourth-order valence-electron chi connectivity index (χ4n) is 3.94. The highest BCUT2D eigenvalue weighted by Crippen LogP contribution is 2.30. The minimum atomic E-state index is -0.0982. The van der Waals surface area contributed by atoms with Crippen molar-refractivity contribution < 1.29 is 14.3 Å². The maximum absolute atomic E-state index is 13.2. The first-order chi connectivity index (χ1) is 15.2. The number of hydrogen-bond donors (Lipinski definition) is 1. The van der Waals surface area contributed by atoms with E-state index in [1.165, 1.54) is 0 Å². The topological polar surface area (TPSA) is 55.7 Å². The van der Waals surface area contributed by atoms with E-state index in [4.69, 9.17) is 21.1 Å². The molecule has 1 aromatic heterocycles. The number of nitrogens with one attached hydrogen (secondary N) is 1. The van der Waals surface area contributed by atoms with Crippen molar-refractivity contribution in [3.8, 4) is 5.75 Å². The van der Waals surface area contributed by atoms with Crippen LogP contribution in [-0.2, 0) is 11.3 Å². The van der Waals surface area contributed by atoms with E-state index in [1.807, 2.05) is 60.0 Å². The van der Waals surface area contributed by atoms with Crippen LogP contribution in [0.2, 0.25) is 5.02 Å². The van der Waals surface area contributed by atoms with Gasteiger partial charge in [0.2, 0.25) is 0 Å². The molecular formula is C24H28ClN3O3. The molecule has 0 unspecified atom stereocenters. The first-order valence-electron chi connectivity index (χ1n) is 10.7. The fraction of sp³-hybridized carbons (Fsp3) is 0.375. The summed E-state index contributed by atoms with van der Waals surface area (Å²) in [5.41, 5.74) is 2.51. The number of carbonyl (C=O) groups is 1. The van der Waals surface area contributed by atoms with Crippen LogP contribution in [0.5, 0.6) is 5.75 Å². The molecule has 31 heavy (non-hydrogen) atoms. The van der Waals surface area contributed by atoms with Crippen LogP contribution in [0.15, 0.2) is 48.5 Å². The van der Waals surface area contributed by atoms with E-state index in [0.29, 0.717) is 30.4 Å². The van der Waals surface area contributed by atoms with Gasteiger partial charge < -0.3 is 19.4 Å². The zero-order chi connectivity index (χ0) is 21.6. The lowest BCUT2D eigenvalue weighted by Crippen LogP contribution is -2.41. The molecular weight excluding hydrogens is 414 g/mol. The van der Waals surface area contributed by atoms with E-state index in [2.05, 4.69) is 10.2 Å². The van der Waals surface area contributed by atoms with Gasteiger partial charge in [0.05, 0.1) is 25.3 Å². The van der Waals surface area contributed by atoms with Crippen LogP contribution in [0, 0.1) is 0 Å². The summed E-state index contributed by atoms with van der Waals surface area (Å²) >= 11 is 6.42. The number of halogens is 1. The highest BCUT2D eigenvalue weighted by molar-refractivity contribution is 6.31. The van der Waals surface area contributed by atoms with Gasteiger partial charge in [-0.2, -0.15) is 0 Å². The molecule has 1 fully saturated rings. The summed E-state index contributed by atoms with van der Waals surface area (Å²) in [7, 11) is 0. The van der Waals surface area contributed by atoms with Crippen LogP contribution in [-0.4, -0.2) is 61.4 Å². The molecule has 3 aromatic rings. The second kappa shape index (κ2) is 10.2. The van der Waals surface area contributed by atoms with Gasteiger partial charge in [-0.3, -0.25) is 9.69 Å². The summed E-state index contributed by atoms with van der Waals surface area (Å²) in [6.07, 6.45) is 0. The van der Waals surface area contributed by atoms with Crippen molar-refractivity contribution in [2.45, 2.75) is 13.5 Å². The average molecular weight is 442 g/mol. The molecule has 0 spiro atoms. The molecule has 1 aliphatic rings. The van der Waals surface area contributed by atoms with Crippen LogP contribution in [0.4, 0.5) is 0 Å². The number of amides is 1. The number of morpholine rings is 1. The Hall–Kier alpha value is -2.54. The van der Waals surface area contributed by atoms with E-state index < -0.39 is 0 Å². The molecule has 1 N–H and O–H groups in total. The maximum atomic E-state index is 13.2. The van der Waals surface area contributed by atoms with Crippen molar-refractivity contribution in [2.75, 3.05) is 46.0 Å². The minimum absolute atomic E-state index is 0.0982. The van der Waals surface area contributed by atoms with Crippen molar-refractivity contribution in [3.63, 3.8) is 0 Å². The number of rotatable bonds is 8. The summed E-state index contributed by atoms with van der Waals surface area (Å²) in [4.78, 5) is 15.5. The van der Waals surface area contributed by atoms with Gasteiger partial charge in [-0.25, -0.2) is 0 Å². The highest BCUT2D eigenvalue weighted by atomic mass is 35.5. The number of fused-ring (bicyclic) bond motifs is 1. The molecule has 7 heteroatoms. The summed E-state index contributed by atoms with van der Waals surface area (Å²) in [5.74, 6) is 0.680. The van der Waals surface area contributed by atoms with Gasteiger partial charge in [-0.05, 0) is 36.8 Å². The molecule has 0 atom stereocenters. The lowest BCUT2D eigenvalue weighted by Gasteiger charge is -2.26. The zero-order valence-electron chi connectivity index (χ0n) is 17.8. The van der Waals surface area contributed by atoms with Gasteiger partial charge in [0.15, 0.2) is 0 Å². The largest absolute Gasteiger partial charge is 0.493 e. The third-order valence-corrected chi connectivity index (χ3v) is 5.91. The third-order valence-electron chi connectivity index (χ3n) is 5.54. The monoisotopic (exact) mass is 441 g/mol. The first kappa shape index (κ1) is 21.7. The molecule has 1 aliphatic heterocycles. The van der Waals surface area contributed by atoms with E-state index >= 15 is 0 Å². The van der Waals surface area contributed by atoms with Crippen LogP contribution in [0.25, 0.3) is 10.9 Å². The molecule has 6 nitrogen and oxygen atoms in total.